The van der Waals surface area contributed by atoms with Crippen LogP contribution in [0.2, 0.25) is 0 Å². The van der Waals surface area contributed by atoms with E-state index in [1.807, 2.05) is 19.9 Å². The molecule has 1 aromatic carbocycles. The Morgan fingerprint density at radius 2 is 2.22 bits per heavy atom. The maximum atomic E-state index is 10.6. The molecule has 0 spiro atoms. The lowest BCUT2D eigenvalue weighted by Crippen LogP contribution is -2.44. The molecule has 3 nitrogen and oxygen atoms in total. The highest BCUT2D eigenvalue weighted by atomic mass is 79.9. The average Bonchev–Trinajstić information content (AvgIpc) is 2.76. The van der Waals surface area contributed by atoms with Crippen molar-refractivity contribution < 1.29 is 9.84 Å². The van der Waals surface area contributed by atoms with Gasteiger partial charge in [0, 0.05) is 23.9 Å². The van der Waals surface area contributed by atoms with Crippen LogP contribution in [0.4, 0.5) is 0 Å². The zero-order valence-corrected chi connectivity index (χ0v) is 12.5. The summed E-state index contributed by atoms with van der Waals surface area (Å²) in [5.74, 6) is 1.05. The van der Waals surface area contributed by atoms with Gasteiger partial charge in [0.05, 0.1) is 12.2 Å². The highest BCUT2D eigenvalue weighted by Crippen LogP contribution is 2.36. The van der Waals surface area contributed by atoms with Crippen molar-refractivity contribution in [1.29, 1.82) is 0 Å². The van der Waals surface area contributed by atoms with Gasteiger partial charge in [0.25, 0.3) is 0 Å². The van der Waals surface area contributed by atoms with Crippen molar-refractivity contribution in [3.63, 3.8) is 0 Å². The summed E-state index contributed by atoms with van der Waals surface area (Å²) in [7, 11) is 0. The van der Waals surface area contributed by atoms with Crippen LogP contribution in [-0.4, -0.2) is 23.9 Å². The lowest BCUT2D eigenvalue weighted by molar-refractivity contribution is 0.00361. The van der Waals surface area contributed by atoms with Crippen LogP contribution >= 0.6 is 15.9 Å². The summed E-state index contributed by atoms with van der Waals surface area (Å²) in [5.41, 5.74) is 7.11. The number of aliphatic hydroxyl groups is 1. The number of halogens is 1. The number of hydrogen-bond acceptors (Lipinski definition) is 3. The fourth-order valence-electron chi connectivity index (χ4n) is 2.32. The summed E-state index contributed by atoms with van der Waals surface area (Å²) >= 11 is 3.51. The summed E-state index contributed by atoms with van der Waals surface area (Å²) in [6.45, 7) is 4.96. The first-order valence-electron chi connectivity index (χ1n) is 6.33. The van der Waals surface area contributed by atoms with E-state index in [0.29, 0.717) is 6.42 Å². The number of nitrogens with two attached hydrogens (primary N) is 1. The fraction of sp³-hybridized carbons (Fsp3) is 0.571. The van der Waals surface area contributed by atoms with Gasteiger partial charge >= 0.3 is 0 Å². The molecule has 1 aliphatic rings. The van der Waals surface area contributed by atoms with Crippen molar-refractivity contribution in [1.82, 2.24) is 0 Å². The lowest BCUT2D eigenvalue weighted by atomic mass is 9.84. The molecule has 18 heavy (non-hydrogen) atoms. The molecule has 1 unspecified atom stereocenters. The molecule has 0 fully saturated rings. The second kappa shape index (κ2) is 5.19. The van der Waals surface area contributed by atoms with Crippen LogP contribution < -0.4 is 10.5 Å². The average molecular weight is 314 g/mol. The third kappa shape index (κ3) is 2.56. The first-order chi connectivity index (χ1) is 8.46. The van der Waals surface area contributed by atoms with Gasteiger partial charge in [-0.05, 0) is 29.2 Å². The van der Waals surface area contributed by atoms with E-state index >= 15 is 0 Å². The van der Waals surface area contributed by atoms with Gasteiger partial charge in [0.2, 0.25) is 0 Å². The van der Waals surface area contributed by atoms with Crippen LogP contribution in [0, 0.1) is 5.92 Å². The van der Waals surface area contributed by atoms with Crippen LogP contribution in [0.25, 0.3) is 0 Å². The number of fused-ring (bicyclic) bond motifs is 1. The Bertz CT molecular complexity index is 448. The van der Waals surface area contributed by atoms with Gasteiger partial charge in [-0.25, -0.2) is 0 Å². The zero-order valence-electron chi connectivity index (χ0n) is 10.9. The van der Waals surface area contributed by atoms with Gasteiger partial charge in [0.15, 0.2) is 0 Å². The highest BCUT2D eigenvalue weighted by molar-refractivity contribution is 9.10. The molecule has 0 saturated carbocycles. The van der Waals surface area contributed by atoms with Crippen molar-refractivity contribution in [3.05, 3.63) is 27.7 Å². The summed E-state index contributed by atoms with van der Waals surface area (Å²) in [6, 6.07) is 4.11. The van der Waals surface area contributed by atoms with Crippen molar-refractivity contribution in [3.8, 4) is 5.75 Å². The quantitative estimate of drug-likeness (QED) is 0.896. The Hall–Kier alpha value is -0.580. The molecule has 1 heterocycles. The number of benzene rings is 1. The molecule has 4 heteroatoms. The molecular weight excluding hydrogens is 294 g/mol. The van der Waals surface area contributed by atoms with Gasteiger partial charge in [0.1, 0.15) is 5.75 Å². The molecule has 1 aliphatic heterocycles. The third-order valence-electron chi connectivity index (χ3n) is 3.75. The molecule has 3 N–H and O–H groups in total. The first-order valence-corrected chi connectivity index (χ1v) is 7.12. The SMILES string of the molecule is CC(C)C(O)(CN)Cc1cc(Br)cc2c1OCC2. The molecular formula is C14H20BrNO2. The molecule has 0 amide bonds. The molecule has 1 atom stereocenters. The minimum absolute atomic E-state index is 0.110. The summed E-state index contributed by atoms with van der Waals surface area (Å²) in [5, 5.41) is 10.6. The molecule has 0 aliphatic carbocycles. The molecule has 0 bridgehead atoms. The minimum Gasteiger partial charge on any atom is -0.493 e. The van der Waals surface area contributed by atoms with Gasteiger partial charge in [-0.2, -0.15) is 0 Å². The number of rotatable bonds is 4. The second-order valence-corrected chi connectivity index (χ2v) is 6.21. The van der Waals surface area contributed by atoms with Crippen LogP contribution in [0.15, 0.2) is 16.6 Å². The third-order valence-corrected chi connectivity index (χ3v) is 4.21. The van der Waals surface area contributed by atoms with Crippen LogP contribution in [0.3, 0.4) is 0 Å². The van der Waals surface area contributed by atoms with Crippen LogP contribution in [0.1, 0.15) is 25.0 Å². The van der Waals surface area contributed by atoms with Gasteiger partial charge in [-0.1, -0.05) is 29.8 Å². The largest absolute Gasteiger partial charge is 0.493 e. The van der Waals surface area contributed by atoms with Gasteiger partial charge in [-0.15, -0.1) is 0 Å². The van der Waals surface area contributed by atoms with Crippen molar-refractivity contribution in [2.75, 3.05) is 13.2 Å². The lowest BCUT2D eigenvalue weighted by Gasteiger charge is -2.31. The maximum absolute atomic E-state index is 10.6. The molecule has 0 radical (unpaired) electrons. The van der Waals surface area contributed by atoms with Crippen molar-refractivity contribution >= 4 is 15.9 Å². The van der Waals surface area contributed by atoms with Crippen molar-refractivity contribution in [2.45, 2.75) is 32.3 Å². The normalized spacial score (nSPS) is 17.4. The van der Waals surface area contributed by atoms with E-state index in [1.165, 1.54) is 5.56 Å². The van der Waals surface area contributed by atoms with Crippen LogP contribution in [0.5, 0.6) is 5.75 Å². The van der Waals surface area contributed by atoms with Gasteiger partial charge < -0.3 is 15.6 Å². The Labute approximate surface area is 116 Å². The molecule has 100 valence electrons. The Kier molecular flexibility index (Phi) is 3.99. The first kappa shape index (κ1) is 13.8. The van der Waals surface area contributed by atoms with E-state index in [1.54, 1.807) is 0 Å². The zero-order chi connectivity index (χ0) is 13.3. The Morgan fingerprint density at radius 1 is 1.50 bits per heavy atom. The molecule has 2 rings (SSSR count). The van der Waals surface area contributed by atoms with Gasteiger partial charge in [-0.3, -0.25) is 0 Å². The van der Waals surface area contributed by atoms with E-state index in [9.17, 15) is 5.11 Å². The smallest absolute Gasteiger partial charge is 0.125 e. The predicted octanol–water partition coefficient (Wildman–Crippen LogP) is 2.27. The monoisotopic (exact) mass is 313 g/mol. The summed E-state index contributed by atoms with van der Waals surface area (Å²) in [4.78, 5) is 0. The van der Waals surface area contributed by atoms with E-state index in [0.717, 1.165) is 28.8 Å². The molecule has 0 aromatic heterocycles. The van der Waals surface area contributed by atoms with E-state index in [-0.39, 0.29) is 12.5 Å². The molecule has 1 aromatic rings. The summed E-state index contributed by atoms with van der Waals surface area (Å²) in [6.07, 6.45) is 1.47. The van der Waals surface area contributed by atoms with Crippen molar-refractivity contribution in [2.24, 2.45) is 11.7 Å². The highest BCUT2D eigenvalue weighted by Gasteiger charge is 2.32. The van der Waals surface area contributed by atoms with E-state index < -0.39 is 5.60 Å². The molecule has 0 saturated heterocycles. The minimum atomic E-state index is -0.874. The Balaban J connectivity index is 2.35. The number of ether oxygens (including phenoxy) is 1. The predicted molar refractivity (Wildman–Crippen MR) is 75.9 cm³/mol. The maximum Gasteiger partial charge on any atom is 0.125 e. The summed E-state index contributed by atoms with van der Waals surface area (Å²) < 4.78 is 6.71. The number of hydrogen-bond donors (Lipinski definition) is 2. The van der Waals surface area contributed by atoms with E-state index in [4.69, 9.17) is 10.5 Å². The fourth-order valence-corrected chi connectivity index (χ4v) is 2.87. The standard InChI is InChI=1S/C14H20BrNO2/c1-9(2)14(17,8-16)7-11-6-12(15)5-10-3-4-18-13(10)11/h5-6,9,17H,3-4,7-8,16H2,1-2H3. The Morgan fingerprint density at radius 3 is 2.83 bits per heavy atom. The topological polar surface area (TPSA) is 55.5 Å². The second-order valence-electron chi connectivity index (χ2n) is 5.29. The van der Waals surface area contributed by atoms with E-state index in [2.05, 4.69) is 22.0 Å². The van der Waals surface area contributed by atoms with Crippen LogP contribution in [-0.2, 0) is 12.8 Å².